The Kier molecular flexibility index (Phi) is 7.37. The van der Waals surface area contributed by atoms with Crippen LogP contribution < -0.4 is 10.4 Å². The molecule has 0 aromatic carbocycles. The number of aromatic nitrogens is 1. The molecule has 2 saturated carbocycles. The number of carbonyl (C=O) groups is 1. The minimum atomic E-state index is -2.73. The Hall–Kier alpha value is -2.53. The summed E-state index contributed by atoms with van der Waals surface area (Å²) < 4.78 is 32.9. The molecule has 45 heavy (non-hydrogen) atoms. The number of pyridine rings is 1. The predicted octanol–water partition coefficient (Wildman–Crippen LogP) is 6.72. The Morgan fingerprint density at radius 2 is 1.80 bits per heavy atom. The van der Waals surface area contributed by atoms with E-state index in [1.54, 1.807) is 30.6 Å². The first-order chi connectivity index (χ1) is 20.8. The Morgan fingerprint density at radius 1 is 1.11 bits per heavy atom. The van der Waals surface area contributed by atoms with Gasteiger partial charge in [-0.25, -0.2) is 4.79 Å². The predicted molar refractivity (Wildman–Crippen MR) is 171 cm³/mol. The molecule has 0 amide bonds. The fourth-order valence-corrected chi connectivity index (χ4v) is 15.2. The van der Waals surface area contributed by atoms with Crippen molar-refractivity contribution in [2.24, 2.45) is 22.7 Å². The van der Waals surface area contributed by atoms with E-state index in [1.165, 1.54) is 6.92 Å². The molecule has 6 rings (SSSR count). The number of nitrogens with zero attached hydrogens (tertiary/aromatic N) is 1. The molecule has 3 fully saturated rings. The lowest BCUT2D eigenvalue weighted by atomic mass is 9.42. The molecule has 10 heteroatoms. The van der Waals surface area contributed by atoms with Crippen LogP contribution >= 0.6 is 0 Å². The van der Waals surface area contributed by atoms with E-state index < -0.39 is 54.7 Å². The second-order valence-corrected chi connectivity index (χ2v) is 21.3. The Bertz CT molecular complexity index is 1530. The number of esters is 1. The molecule has 0 radical (unpaired) electrons. The van der Waals surface area contributed by atoms with Gasteiger partial charge in [-0.15, -0.1) is 0 Å². The molecule has 4 aliphatic rings. The van der Waals surface area contributed by atoms with Crippen molar-refractivity contribution < 1.29 is 32.6 Å². The summed E-state index contributed by atoms with van der Waals surface area (Å²) in [6.45, 7) is 21.6. The Morgan fingerprint density at radius 3 is 2.40 bits per heavy atom. The molecule has 246 valence electrons. The number of carbonyl (C=O) groups excluding carboxylic acids is 1. The van der Waals surface area contributed by atoms with E-state index in [-0.39, 0.29) is 33.4 Å². The number of rotatable bonds is 2. The van der Waals surface area contributed by atoms with E-state index in [4.69, 9.17) is 22.7 Å². The van der Waals surface area contributed by atoms with Crippen molar-refractivity contribution in [1.29, 1.82) is 0 Å². The molecule has 2 aromatic heterocycles. The molecule has 2 unspecified atom stereocenters. The first kappa shape index (κ1) is 32.4. The number of aliphatic hydroxyl groups is 1. The summed E-state index contributed by atoms with van der Waals surface area (Å²) >= 11 is 0. The van der Waals surface area contributed by atoms with E-state index in [0.717, 1.165) is 12.8 Å². The number of aliphatic hydroxyl groups excluding tert-OH is 1. The van der Waals surface area contributed by atoms with Gasteiger partial charge >= 0.3 is 20.2 Å². The number of ether oxygens (including phenoxy) is 2. The number of hydrogen-bond acceptors (Lipinski definition) is 9. The van der Waals surface area contributed by atoms with Crippen LogP contribution in [0.2, 0.25) is 10.1 Å². The second-order valence-electron chi connectivity index (χ2n) is 16.6. The van der Waals surface area contributed by atoms with E-state index in [9.17, 15) is 14.7 Å². The topological polar surface area (TPSA) is 117 Å². The maximum Gasteiger partial charge on any atom is 0.349 e. The number of fused-ring (bicyclic) bond motifs is 6. The zero-order chi connectivity index (χ0) is 33.0. The van der Waals surface area contributed by atoms with Crippen LogP contribution in [0.4, 0.5) is 0 Å². The molecule has 8 atom stereocenters. The second kappa shape index (κ2) is 10.2. The molecule has 4 heterocycles. The molecular formula is C35H49NO8Si. The highest BCUT2D eigenvalue weighted by molar-refractivity contribution is 6.73. The van der Waals surface area contributed by atoms with E-state index in [1.807, 2.05) is 6.92 Å². The summed E-state index contributed by atoms with van der Waals surface area (Å²) in [6.07, 6.45) is 3.35. The minimum absolute atomic E-state index is 0.0559. The van der Waals surface area contributed by atoms with Crippen molar-refractivity contribution in [2.75, 3.05) is 6.61 Å². The highest BCUT2D eigenvalue weighted by atomic mass is 28.4. The minimum Gasteiger partial charge on any atom is -0.482 e. The smallest absolute Gasteiger partial charge is 0.349 e. The largest absolute Gasteiger partial charge is 0.482 e. The van der Waals surface area contributed by atoms with Crippen LogP contribution in [0.25, 0.3) is 11.3 Å². The van der Waals surface area contributed by atoms with Gasteiger partial charge in [0.1, 0.15) is 28.8 Å². The van der Waals surface area contributed by atoms with E-state index >= 15 is 0 Å². The van der Waals surface area contributed by atoms with Crippen LogP contribution in [0.3, 0.4) is 0 Å². The summed E-state index contributed by atoms with van der Waals surface area (Å²) in [7, 11) is -2.73. The monoisotopic (exact) mass is 639 g/mol. The SMILES string of the molecule is CC(=O)O[C@H]1CC2[C@](C)(CC[C@@H]3O[Si](C(C)(C)C)(C(C)(C)C)OC[C@@]23C)C2[C@@H](O)c3c(cc(-c4cccnc4)oc3=O)O[C@@]21C. The Labute approximate surface area is 267 Å². The summed E-state index contributed by atoms with van der Waals surface area (Å²) in [5, 5.41) is 11.9. The van der Waals surface area contributed by atoms with Crippen molar-refractivity contribution in [1.82, 2.24) is 4.98 Å². The first-order valence-electron chi connectivity index (χ1n) is 16.2. The maximum atomic E-state index is 13.6. The van der Waals surface area contributed by atoms with Crippen LogP contribution in [0.1, 0.15) is 100 Å². The molecule has 2 aliphatic heterocycles. The van der Waals surface area contributed by atoms with Crippen molar-refractivity contribution in [3.05, 3.63) is 46.6 Å². The highest BCUT2D eigenvalue weighted by Crippen LogP contribution is 2.69. The lowest BCUT2D eigenvalue weighted by Gasteiger charge is -2.69. The molecule has 1 N–H and O–H groups in total. The van der Waals surface area contributed by atoms with Gasteiger partial charge in [0.25, 0.3) is 0 Å². The summed E-state index contributed by atoms with van der Waals surface area (Å²) in [6, 6.07) is 5.19. The van der Waals surface area contributed by atoms with E-state index in [0.29, 0.717) is 24.4 Å². The van der Waals surface area contributed by atoms with Gasteiger partial charge in [-0.2, -0.15) is 0 Å². The van der Waals surface area contributed by atoms with Crippen molar-refractivity contribution in [3.63, 3.8) is 0 Å². The van der Waals surface area contributed by atoms with Gasteiger partial charge in [0.15, 0.2) is 0 Å². The van der Waals surface area contributed by atoms with Crippen LogP contribution in [0, 0.1) is 22.7 Å². The van der Waals surface area contributed by atoms with Gasteiger partial charge in [-0.1, -0.05) is 55.4 Å². The third-order valence-corrected chi connectivity index (χ3v) is 16.8. The lowest BCUT2D eigenvalue weighted by Crippen LogP contribution is -2.74. The van der Waals surface area contributed by atoms with Gasteiger partial charge in [0.2, 0.25) is 0 Å². The van der Waals surface area contributed by atoms with E-state index in [2.05, 4.69) is 60.4 Å². The van der Waals surface area contributed by atoms with Gasteiger partial charge in [-0.05, 0) is 49.7 Å². The van der Waals surface area contributed by atoms with Crippen LogP contribution in [0.5, 0.6) is 5.75 Å². The van der Waals surface area contributed by atoms with Crippen molar-refractivity contribution >= 4 is 14.5 Å². The number of hydrogen-bond donors (Lipinski definition) is 1. The normalized spacial score (nSPS) is 37.3. The fraction of sp³-hybridized carbons (Fsp3) is 0.686. The van der Waals surface area contributed by atoms with Crippen LogP contribution in [-0.4, -0.2) is 49.0 Å². The van der Waals surface area contributed by atoms with Gasteiger partial charge in [0, 0.05) is 59.0 Å². The van der Waals surface area contributed by atoms with Gasteiger partial charge < -0.3 is 27.8 Å². The fourth-order valence-electron chi connectivity index (χ4n) is 9.98. The zero-order valence-corrected chi connectivity index (χ0v) is 29.4. The molecule has 9 nitrogen and oxygen atoms in total. The highest BCUT2D eigenvalue weighted by Gasteiger charge is 2.73. The molecular weight excluding hydrogens is 590 g/mol. The standard InChI is InChI=1S/C35H49NO8Si/c1-20(37)41-26-17-24-33(8,14-13-25-34(24,9)19-40-45(44-25,31(2,3)4)32(5,6)7)29-28(38)27-23(43-35(26,29)10)16-22(42-30(27)39)21-12-11-15-36-18-21/h11-12,15-16,18,24-26,28-29,38H,13-14,17,19H2,1-10H3/t24?,25-,26-,28-,29?,33-,34-,35+/m0/s1. The summed E-state index contributed by atoms with van der Waals surface area (Å²) in [5.41, 5.74) is -1.97. The Balaban J connectivity index is 1.45. The molecule has 0 bridgehead atoms. The average Bonchev–Trinajstić information content (AvgIpc) is 2.92. The lowest BCUT2D eigenvalue weighted by molar-refractivity contribution is -0.274. The van der Waals surface area contributed by atoms with Crippen molar-refractivity contribution in [3.8, 4) is 17.1 Å². The average molecular weight is 640 g/mol. The molecule has 0 spiro atoms. The van der Waals surface area contributed by atoms with Gasteiger partial charge in [0.05, 0.1) is 12.2 Å². The summed E-state index contributed by atoms with van der Waals surface area (Å²) in [4.78, 5) is 30.3. The molecule has 2 aliphatic carbocycles. The summed E-state index contributed by atoms with van der Waals surface area (Å²) in [5.74, 6) is -0.512. The zero-order valence-electron chi connectivity index (χ0n) is 28.4. The quantitative estimate of drug-likeness (QED) is 0.282. The first-order valence-corrected chi connectivity index (χ1v) is 18.0. The third-order valence-electron chi connectivity index (χ3n) is 11.7. The van der Waals surface area contributed by atoms with Crippen molar-refractivity contribution in [2.45, 2.75) is 122 Å². The van der Waals surface area contributed by atoms with Gasteiger partial charge in [-0.3, -0.25) is 9.78 Å². The molecule has 2 aromatic rings. The van der Waals surface area contributed by atoms with Crippen LogP contribution in [0.15, 0.2) is 39.8 Å². The molecule has 1 saturated heterocycles. The van der Waals surface area contributed by atoms with Crippen LogP contribution in [-0.2, 0) is 18.4 Å². The third kappa shape index (κ3) is 4.60. The maximum absolute atomic E-state index is 13.6.